The quantitative estimate of drug-likeness (QED) is 0.0859. The largest absolute Gasteiger partial charge is 0.335 e. The molecule has 0 saturated carbocycles. The molecule has 0 bridgehead atoms. The highest BCUT2D eigenvalue weighted by atomic mass is 35.5. The number of anilines is 1. The predicted octanol–water partition coefficient (Wildman–Crippen LogP) is 5.94. The molecule has 3 aromatic rings. The molecule has 0 amide bonds. The van der Waals surface area contributed by atoms with Crippen LogP contribution >= 0.6 is 35.1 Å². The highest BCUT2D eigenvalue weighted by molar-refractivity contribution is 8.14. The minimum Gasteiger partial charge on any atom is -0.335 e. The molecule has 14 heteroatoms. The Morgan fingerprint density at radius 1 is 1.02 bits per heavy atom. The van der Waals surface area contributed by atoms with Crippen LogP contribution in [0, 0.1) is 6.92 Å². The molecule has 4 rings (SSSR count). The van der Waals surface area contributed by atoms with Crippen molar-refractivity contribution in [3.8, 4) is 5.69 Å². The number of thioether (sulfide) groups is 2. The summed E-state index contributed by atoms with van der Waals surface area (Å²) in [5.74, 6) is -0.765. The molecule has 1 aliphatic heterocycles. The lowest BCUT2D eigenvalue weighted by molar-refractivity contribution is 0.479. The molecule has 0 saturated heterocycles. The van der Waals surface area contributed by atoms with Crippen molar-refractivity contribution in [3.05, 3.63) is 82.6 Å². The molecular weight excluding hydrogens is 614 g/mol. The first-order valence-electron chi connectivity index (χ1n) is 12.2. The van der Waals surface area contributed by atoms with Crippen LogP contribution in [0.25, 0.3) is 5.69 Å². The Morgan fingerprint density at radius 2 is 1.73 bits per heavy atom. The topological polar surface area (TPSA) is 129 Å². The van der Waals surface area contributed by atoms with Gasteiger partial charge < -0.3 is 9.47 Å². The number of halogens is 1. The number of aliphatic imine (C=N–C) groups is 1. The van der Waals surface area contributed by atoms with Crippen molar-refractivity contribution in [1.82, 2.24) is 4.57 Å². The average Bonchev–Trinajstić information content (AvgIpc) is 3.50. The van der Waals surface area contributed by atoms with E-state index in [0.29, 0.717) is 16.6 Å². The highest BCUT2D eigenvalue weighted by Crippen LogP contribution is 2.47. The lowest BCUT2D eigenvalue weighted by Crippen LogP contribution is -2.22. The minimum atomic E-state index is -4.12. The molecule has 9 nitrogen and oxygen atoms in total. The van der Waals surface area contributed by atoms with Crippen LogP contribution in [0.2, 0.25) is 5.02 Å². The molecule has 0 atom stereocenters. The number of fused-ring (bicyclic) bond motifs is 1. The summed E-state index contributed by atoms with van der Waals surface area (Å²) in [5, 5.41) is 2.03. The number of hydrogen-bond donors (Lipinski definition) is 2. The van der Waals surface area contributed by atoms with Crippen LogP contribution in [0.1, 0.15) is 18.4 Å². The summed E-state index contributed by atoms with van der Waals surface area (Å²) in [5.41, 5.74) is 2.79. The van der Waals surface area contributed by atoms with Gasteiger partial charge in [-0.2, -0.15) is 16.8 Å². The molecule has 0 aliphatic carbocycles. The Hall–Kier alpha value is -2.26. The second-order valence-corrected chi connectivity index (χ2v) is 14.7. The van der Waals surface area contributed by atoms with Gasteiger partial charge in [-0.05, 0) is 73.9 Å². The third kappa shape index (κ3) is 8.87. The van der Waals surface area contributed by atoms with Crippen molar-refractivity contribution in [1.29, 1.82) is 0 Å². The van der Waals surface area contributed by atoms with Crippen LogP contribution in [0.3, 0.4) is 0 Å². The fraction of sp³-hybridized carbons (Fsp3) is 0.269. The van der Waals surface area contributed by atoms with E-state index in [1.807, 2.05) is 77.3 Å². The molecular formula is C26H28ClN3O6S4. The molecule has 2 N–H and O–H groups in total. The van der Waals surface area contributed by atoms with Crippen molar-refractivity contribution in [2.75, 3.05) is 29.5 Å². The summed E-state index contributed by atoms with van der Waals surface area (Å²) in [6.45, 7) is 2.44. The second kappa shape index (κ2) is 13.1. The molecule has 0 spiro atoms. The number of hydrogen-bond acceptors (Lipinski definition) is 8. The molecule has 214 valence electrons. The standard InChI is InChI=1S/C26H28ClN3O6S4/c1-19-16-20(27)6-8-23(19)37-25(28-10-4-14-39(31,32)33)18-26-30(13-5-15-40(34,35)36)22-17-21(7-9-24(22)38-26)29-11-2-3-12-29/h2-3,6-9,11-12,16-18H,4-5,10,13-15H2,1H3,(H,31,32,33)(H,34,35,36)/b26-18-,28-25+. The lowest BCUT2D eigenvalue weighted by atomic mass is 10.2. The monoisotopic (exact) mass is 641 g/mol. The Bertz CT molecular complexity index is 1640. The summed E-state index contributed by atoms with van der Waals surface area (Å²) < 4.78 is 65.6. The van der Waals surface area contributed by atoms with E-state index >= 15 is 0 Å². The first-order valence-corrected chi connectivity index (χ1v) is 17.4. The van der Waals surface area contributed by atoms with Gasteiger partial charge in [0.25, 0.3) is 20.2 Å². The van der Waals surface area contributed by atoms with Gasteiger partial charge in [-0.15, -0.1) is 0 Å². The zero-order valence-electron chi connectivity index (χ0n) is 21.5. The average molecular weight is 642 g/mol. The van der Waals surface area contributed by atoms with Gasteiger partial charge in [0.15, 0.2) is 0 Å². The second-order valence-electron chi connectivity index (χ2n) is 8.99. The van der Waals surface area contributed by atoms with Crippen LogP contribution in [-0.2, 0) is 20.2 Å². The Balaban J connectivity index is 1.68. The number of benzene rings is 2. The molecule has 2 aromatic carbocycles. The van der Waals surface area contributed by atoms with Gasteiger partial charge in [0.2, 0.25) is 0 Å². The summed E-state index contributed by atoms with van der Waals surface area (Å²) in [4.78, 5) is 8.54. The third-order valence-electron chi connectivity index (χ3n) is 5.83. The Morgan fingerprint density at radius 3 is 2.40 bits per heavy atom. The van der Waals surface area contributed by atoms with Crippen molar-refractivity contribution in [3.63, 3.8) is 0 Å². The normalized spacial score (nSPS) is 15.2. The van der Waals surface area contributed by atoms with E-state index in [1.54, 1.807) is 6.07 Å². The van der Waals surface area contributed by atoms with E-state index in [1.165, 1.54) is 23.5 Å². The number of aromatic nitrogens is 1. The minimum absolute atomic E-state index is 0.150. The van der Waals surface area contributed by atoms with Gasteiger partial charge in [0.05, 0.1) is 27.3 Å². The molecule has 0 unspecified atom stereocenters. The summed E-state index contributed by atoms with van der Waals surface area (Å²) >= 11 is 9.05. The van der Waals surface area contributed by atoms with Crippen LogP contribution < -0.4 is 4.90 Å². The predicted molar refractivity (Wildman–Crippen MR) is 163 cm³/mol. The van der Waals surface area contributed by atoms with Gasteiger partial charge in [-0.3, -0.25) is 14.1 Å². The maximum Gasteiger partial charge on any atom is 0.264 e. The van der Waals surface area contributed by atoms with Gasteiger partial charge >= 0.3 is 0 Å². The van der Waals surface area contributed by atoms with Gasteiger partial charge in [-0.1, -0.05) is 35.1 Å². The maximum absolute atomic E-state index is 11.4. The van der Waals surface area contributed by atoms with Crippen LogP contribution in [-0.4, -0.2) is 60.1 Å². The van der Waals surface area contributed by atoms with Crippen LogP contribution in [0.5, 0.6) is 0 Å². The van der Waals surface area contributed by atoms with Crippen molar-refractivity contribution < 1.29 is 25.9 Å². The van der Waals surface area contributed by atoms with Crippen LogP contribution in [0.15, 0.2) is 86.8 Å². The van der Waals surface area contributed by atoms with E-state index in [0.717, 1.165) is 31.8 Å². The molecule has 2 heterocycles. The fourth-order valence-electron chi connectivity index (χ4n) is 3.99. The number of aryl methyl sites for hydroxylation is 1. The molecule has 0 radical (unpaired) electrons. The zero-order chi connectivity index (χ0) is 28.9. The van der Waals surface area contributed by atoms with E-state index in [4.69, 9.17) is 16.2 Å². The summed E-state index contributed by atoms with van der Waals surface area (Å²) in [6.07, 6.45) is 6.11. The summed E-state index contributed by atoms with van der Waals surface area (Å²) in [7, 11) is -8.21. The molecule has 1 aliphatic rings. The first-order chi connectivity index (χ1) is 18.9. The first kappa shape index (κ1) is 30.7. The highest BCUT2D eigenvalue weighted by Gasteiger charge is 2.26. The molecule has 1 aromatic heterocycles. The molecule has 40 heavy (non-hydrogen) atoms. The summed E-state index contributed by atoms with van der Waals surface area (Å²) in [6, 6.07) is 15.4. The van der Waals surface area contributed by atoms with Crippen molar-refractivity contribution >= 4 is 66.1 Å². The van der Waals surface area contributed by atoms with Crippen LogP contribution in [0.4, 0.5) is 5.69 Å². The SMILES string of the molecule is Cc1cc(Cl)ccc1SC(/C=C1\Sc2ccc(-n3cccc3)cc2N1CCCS(=O)(=O)O)=N/CCCS(=O)(=O)O. The number of rotatable bonds is 11. The van der Waals surface area contributed by atoms with Gasteiger partial charge in [0, 0.05) is 52.1 Å². The smallest absolute Gasteiger partial charge is 0.264 e. The fourth-order valence-corrected chi connectivity index (χ4v) is 7.29. The van der Waals surface area contributed by atoms with Gasteiger partial charge in [-0.25, -0.2) is 0 Å². The third-order valence-corrected chi connectivity index (χ3v) is 9.92. The number of nitrogens with zero attached hydrogens (tertiary/aromatic N) is 3. The Kier molecular flexibility index (Phi) is 10.1. The Labute approximate surface area is 247 Å². The van der Waals surface area contributed by atoms with E-state index < -0.39 is 26.0 Å². The van der Waals surface area contributed by atoms with E-state index in [9.17, 15) is 21.4 Å². The van der Waals surface area contributed by atoms with E-state index in [2.05, 4.69) is 4.99 Å². The lowest BCUT2D eigenvalue weighted by Gasteiger charge is -2.21. The molecule has 0 fully saturated rings. The van der Waals surface area contributed by atoms with E-state index in [-0.39, 0.29) is 25.1 Å². The maximum atomic E-state index is 11.4. The van der Waals surface area contributed by atoms with Gasteiger partial charge in [0.1, 0.15) is 0 Å². The van der Waals surface area contributed by atoms with Crippen molar-refractivity contribution in [2.45, 2.75) is 29.6 Å². The van der Waals surface area contributed by atoms with Crippen molar-refractivity contribution in [2.24, 2.45) is 4.99 Å². The zero-order valence-corrected chi connectivity index (χ0v) is 25.5.